The van der Waals surface area contributed by atoms with E-state index >= 15 is 0 Å². The molecule has 102 valence electrons. The normalized spacial score (nSPS) is 11.1. The van der Waals surface area contributed by atoms with E-state index in [0.29, 0.717) is 10.2 Å². The van der Waals surface area contributed by atoms with Crippen LogP contribution in [0.4, 0.5) is 0 Å². The Hall–Kier alpha value is -2.15. The van der Waals surface area contributed by atoms with Crippen molar-refractivity contribution in [1.82, 2.24) is 19.3 Å². The quantitative estimate of drug-likeness (QED) is 0.766. The predicted octanol–water partition coefficient (Wildman–Crippen LogP) is 1.23. The highest BCUT2D eigenvalue weighted by Gasteiger charge is 2.12. The molecule has 0 radical (unpaired) electrons. The van der Waals surface area contributed by atoms with Crippen LogP contribution in [0.3, 0.4) is 0 Å². The first-order valence-electron chi connectivity index (χ1n) is 5.96. The topological polar surface area (TPSA) is 72.7 Å². The van der Waals surface area contributed by atoms with Crippen molar-refractivity contribution in [2.45, 2.75) is 6.54 Å². The molecule has 0 amide bonds. The van der Waals surface area contributed by atoms with Gasteiger partial charge in [-0.25, -0.2) is 4.79 Å². The van der Waals surface area contributed by atoms with Crippen molar-refractivity contribution in [2.24, 2.45) is 7.05 Å². The van der Waals surface area contributed by atoms with E-state index in [4.69, 9.17) is 0 Å². The second kappa shape index (κ2) is 4.75. The lowest BCUT2D eigenvalue weighted by molar-refractivity contribution is 0.662. The molecule has 1 N–H and O–H groups in total. The van der Waals surface area contributed by atoms with Crippen LogP contribution >= 0.6 is 15.9 Å². The SMILES string of the molecule is Cn1nc(Cn2c(=O)[nH]cc(Br)c2=O)c2ccccc21. The van der Waals surface area contributed by atoms with Gasteiger partial charge < -0.3 is 4.98 Å². The van der Waals surface area contributed by atoms with Crippen molar-refractivity contribution >= 4 is 26.8 Å². The van der Waals surface area contributed by atoms with E-state index in [1.165, 1.54) is 6.20 Å². The number of para-hydroxylation sites is 1. The summed E-state index contributed by atoms with van der Waals surface area (Å²) < 4.78 is 3.18. The lowest BCUT2D eigenvalue weighted by atomic mass is 10.2. The summed E-state index contributed by atoms with van der Waals surface area (Å²) in [4.78, 5) is 26.3. The number of H-pyrrole nitrogens is 1. The van der Waals surface area contributed by atoms with Crippen LogP contribution in [0.15, 0.2) is 44.5 Å². The smallest absolute Gasteiger partial charge is 0.313 e. The Morgan fingerprint density at radius 2 is 2.05 bits per heavy atom. The molecule has 0 bridgehead atoms. The second-order valence-electron chi connectivity index (χ2n) is 4.42. The minimum Gasteiger partial charge on any atom is -0.313 e. The minimum absolute atomic E-state index is 0.134. The molecule has 2 heterocycles. The zero-order valence-corrected chi connectivity index (χ0v) is 12.2. The molecule has 1 aromatic carbocycles. The van der Waals surface area contributed by atoms with Crippen molar-refractivity contribution < 1.29 is 0 Å². The highest BCUT2D eigenvalue weighted by molar-refractivity contribution is 9.10. The van der Waals surface area contributed by atoms with Gasteiger partial charge in [-0.2, -0.15) is 5.10 Å². The number of aromatic nitrogens is 4. The van der Waals surface area contributed by atoms with Gasteiger partial charge in [0.1, 0.15) is 0 Å². The maximum absolute atomic E-state index is 12.0. The summed E-state index contributed by atoms with van der Waals surface area (Å²) in [6, 6.07) is 7.70. The fraction of sp³-hybridized carbons (Fsp3) is 0.154. The zero-order valence-electron chi connectivity index (χ0n) is 10.6. The second-order valence-corrected chi connectivity index (χ2v) is 5.27. The Bertz CT molecular complexity index is 907. The van der Waals surface area contributed by atoms with E-state index in [1.54, 1.807) is 4.68 Å². The number of hydrogen-bond acceptors (Lipinski definition) is 3. The van der Waals surface area contributed by atoms with E-state index in [9.17, 15) is 9.59 Å². The molecular formula is C13H11BrN4O2. The van der Waals surface area contributed by atoms with Crippen LogP contribution in [0.2, 0.25) is 0 Å². The van der Waals surface area contributed by atoms with E-state index in [2.05, 4.69) is 26.0 Å². The minimum atomic E-state index is -0.451. The Morgan fingerprint density at radius 3 is 2.85 bits per heavy atom. The third-order valence-corrected chi connectivity index (χ3v) is 3.73. The lowest BCUT2D eigenvalue weighted by Gasteiger charge is -2.02. The van der Waals surface area contributed by atoms with Crippen LogP contribution in [0.5, 0.6) is 0 Å². The fourth-order valence-electron chi connectivity index (χ4n) is 2.18. The van der Waals surface area contributed by atoms with Crippen LogP contribution in [0.25, 0.3) is 10.9 Å². The molecule has 0 aliphatic carbocycles. The molecule has 3 rings (SSSR count). The predicted molar refractivity (Wildman–Crippen MR) is 78.8 cm³/mol. The first-order valence-corrected chi connectivity index (χ1v) is 6.76. The van der Waals surface area contributed by atoms with Gasteiger partial charge in [-0.15, -0.1) is 0 Å². The molecule has 0 spiro atoms. The molecule has 0 aliphatic rings. The van der Waals surface area contributed by atoms with Gasteiger partial charge in [0, 0.05) is 18.6 Å². The number of benzene rings is 1. The molecule has 0 saturated carbocycles. The maximum atomic E-state index is 12.0. The Kier molecular flexibility index (Phi) is 3.06. The van der Waals surface area contributed by atoms with Crippen molar-refractivity contribution in [3.05, 3.63) is 61.5 Å². The van der Waals surface area contributed by atoms with Gasteiger partial charge in [0.15, 0.2) is 0 Å². The van der Waals surface area contributed by atoms with E-state index in [0.717, 1.165) is 15.5 Å². The lowest BCUT2D eigenvalue weighted by Crippen LogP contribution is -2.35. The molecule has 2 aromatic heterocycles. The number of rotatable bonds is 2. The molecule has 0 saturated heterocycles. The number of aromatic amines is 1. The van der Waals surface area contributed by atoms with Crippen LogP contribution < -0.4 is 11.2 Å². The van der Waals surface area contributed by atoms with Gasteiger partial charge in [-0.3, -0.25) is 14.0 Å². The van der Waals surface area contributed by atoms with Gasteiger partial charge in [0.05, 0.1) is 22.2 Å². The van der Waals surface area contributed by atoms with Crippen LogP contribution in [-0.4, -0.2) is 19.3 Å². The van der Waals surface area contributed by atoms with E-state index in [-0.39, 0.29) is 12.1 Å². The number of hydrogen-bond donors (Lipinski definition) is 1. The van der Waals surface area contributed by atoms with Crippen molar-refractivity contribution in [3.8, 4) is 0 Å². The van der Waals surface area contributed by atoms with E-state index in [1.807, 2.05) is 31.3 Å². The number of fused-ring (bicyclic) bond motifs is 1. The standard InChI is InChI=1S/C13H11BrN4O2/c1-17-11-5-3-2-4-8(11)10(16-17)7-18-12(19)9(14)6-15-13(18)20/h2-6H,7H2,1H3,(H,15,20). The van der Waals surface area contributed by atoms with Crippen molar-refractivity contribution in [1.29, 1.82) is 0 Å². The summed E-state index contributed by atoms with van der Waals surface area (Å²) in [6.45, 7) is 0.134. The average molecular weight is 335 g/mol. The number of nitrogens with zero attached hydrogens (tertiary/aromatic N) is 3. The van der Waals surface area contributed by atoms with Crippen molar-refractivity contribution in [2.75, 3.05) is 0 Å². The first kappa shape index (κ1) is 12.9. The molecule has 7 heteroatoms. The van der Waals surface area contributed by atoms with Crippen LogP contribution in [0.1, 0.15) is 5.69 Å². The molecule has 0 unspecified atom stereocenters. The third-order valence-electron chi connectivity index (χ3n) is 3.16. The molecule has 3 aromatic rings. The molecule has 6 nitrogen and oxygen atoms in total. The van der Waals surface area contributed by atoms with Gasteiger partial charge in [-0.05, 0) is 22.0 Å². The Morgan fingerprint density at radius 1 is 1.30 bits per heavy atom. The molecule has 0 aliphatic heterocycles. The van der Waals surface area contributed by atoms with Gasteiger partial charge >= 0.3 is 5.69 Å². The molecule has 0 fully saturated rings. The fourth-order valence-corrected chi connectivity index (χ4v) is 2.51. The number of nitrogens with one attached hydrogen (secondary N) is 1. The third kappa shape index (κ3) is 2.00. The number of aryl methyl sites for hydroxylation is 1. The Balaban J connectivity index is 2.18. The van der Waals surface area contributed by atoms with Crippen LogP contribution in [0, 0.1) is 0 Å². The molecule has 20 heavy (non-hydrogen) atoms. The zero-order chi connectivity index (χ0) is 14.3. The number of halogens is 1. The summed E-state index contributed by atoms with van der Waals surface area (Å²) in [6.07, 6.45) is 1.34. The summed E-state index contributed by atoms with van der Waals surface area (Å²) in [5, 5.41) is 5.32. The highest BCUT2D eigenvalue weighted by Crippen LogP contribution is 2.17. The van der Waals surface area contributed by atoms with Gasteiger partial charge in [0.25, 0.3) is 5.56 Å². The average Bonchev–Trinajstić information content (AvgIpc) is 2.77. The van der Waals surface area contributed by atoms with Crippen LogP contribution in [-0.2, 0) is 13.6 Å². The summed E-state index contributed by atoms with van der Waals surface area (Å²) in [5.74, 6) is 0. The molecular weight excluding hydrogens is 324 g/mol. The highest BCUT2D eigenvalue weighted by atomic mass is 79.9. The Labute approximate surface area is 121 Å². The monoisotopic (exact) mass is 334 g/mol. The van der Waals surface area contributed by atoms with Gasteiger partial charge in [0.2, 0.25) is 0 Å². The summed E-state index contributed by atoms with van der Waals surface area (Å²) >= 11 is 3.12. The van der Waals surface area contributed by atoms with Gasteiger partial charge in [-0.1, -0.05) is 18.2 Å². The summed E-state index contributed by atoms with van der Waals surface area (Å²) in [5.41, 5.74) is 0.826. The summed E-state index contributed by atoms with van der Waals surface area (Å²) in [7, 11) is 1.83. The first-order chi connectivity index (χ1) is 9.58. The van der Waals surface area contributed by atoms with E-state index < -0.39 is 5.69 Å². The largest absolute Gasteiger partial charge is 0.328 e. The maximum Gasteiger partial charge on any atom is 0.328 e. The molecule has 0 atom stereocenters. The van der Waals surface area contributed by atoms with Crippen molar-refractivity contribution in [3.63, 3.8) is 0 Å².